The first-order valence-corrected chi connectivity index (χ1v) is 6.23. The van der Waals surface area contributed by atoms with Crippen molar-refractivity contribution in [1.82, 2.24) is 4.90 Å². The van der Waals surface area contributed by atoms with Crippen molar-refractivity contribution in [2.75, 3.05) is 18.8 Å². The summed E-state index contributed by atoms with van der Waals surface area (Å²) in [7, 11) is 0. The van der Waals surface area contributed by atoms with Crippen molar-refractivity contribution in [2.45, 2.75) is 32.1 Å². The average Bonchev–Trinajstić information content (AvgIpc) is 2.16. The third kappa shape index (κ3) is 4.21. The number of hydrogen-bond acceptors (Lipinski definition) is 3. The molecule has 1 fully saturated rings. The third-order valence-corrected chi connectivity index (χ3v) is 4.08. The highest BCUT2D eigenvalue weighted by Gasteiger charge is 2.27. The molecular formula is C10H21ClN2OS. The van der Waals surface area contributed by atoms with Gasteiger partial charge in [0.05, 0.1) is 6.04 Å². The molecule has 0 aliphatic carbocycles. The topological polar surface area (TPSA) is 46.3 Å². The van der Waals surface area contributed by atoms with Crippen molar-refractivity contribution in [1.29, 1.82) is 0 Å². The number of rotatable bonds is 2. The minimum absolute atomic E-state index is 0. The van der Waals surface area contributed by atoms with E-state index in [9.17, 15) is 4.79 Å². The third-order valence-electron chi connectivity index (χ3n) is 2.54. The zero-order valence-electron chi connectivity index (χ0n) is 9.60. The molecule has 2 unspecified atom stereocenters. The highest BCUT2D eigenvalue weighted by molar-refractivity contribution is 8.00. The van der Waals surface area contributed by atoms with Gasteiger partial charge in [0, 0.05) is 24.1 Å². The molecule has 1 heterocycles. The molecule has 90 valence electrons. The first kappa shape index (κ1) is 15.1. The van der Waals surface area contributed by atoms with Gasteiger partial charge in [-0.1, -0.05) is 13.8 Å². The van der Waals surface area contributed by atoms with Crippen LogP contribution in [-0.2, 0) is 4.79 Å². The van der Waals surface area contributed by atoms with Crippen LogP contribution in [0.3, 0.4) is 0 Å². The Morgan fingerprint density at radius 3 is 2.53 bits per heavy atom. The van der Waals surface area contributed by atoms with Gasteiger partial charge in [0.25, 0.3) is 0 Å². The second-order valence-electron chi connectivity index (χ2n) is 4.23. The minimum Gasteiger partial charge on any atom is -0.339 e. The molecule has 1 aliphatic rings. The average molecular weight is 253 g/mol. The molecule has 0 aromatic rings. The van der Waals surface area contributed by atoms with E-state index in [1.807, 2.05) is 16.7 Å². The van der Waals surface area contributed by atoms with Crippen LogP contribution in [0.15, 0.2) is 0 Å². The van der Waals surface area contributed by atoms with Gasteiger partial charge < -0.3 is 10.6 Å². The number of thioether (sulfide) groups is 1. The number of carbonyl (C=O) groups is 1. The largest absolute Gasteiger partial charge is 0.339 e. The molecule has 1 rings (SSSR count). The van der Waals surface area contributed by atoms with E-state index in [1.54, 1.807) is 6.92 Å². The fourth-order valence-corrected chi connectivity index (χ4v) is 2.87. The summed E-state index contributed by atoms with van der Waals surface area (Å²) in [5, 5.41) is 0.575. The van der Waals surface area contributed by atoms with E-state index in [1.165, 1.54) is 0 Å². The standard InChI is InChI=1S/C10H20N2OS.ClH/c1-7(2)9-6-12(4-5-14-9)10(13)8(3)11;/h7-9H,4-6,11H2,1-3H3;1H. The molecule has 0 spiro atoms. The summed E-state index contributed by atoms with van der Waals surface area (Å²) < 4.78 is 0. The van der Waals surface area contributed by atoms with Crippen LogP contribution in [0.25, 0.3) is 0 Å². The Bertz CT molecular complexity index is 212. The van der Waals surface area contributed by atoms with Crippen LogP contribution in [-0.4, -0.2) is 40.9 Å². The summed E-state index contributed by atoms with van der Waals surface area (Å²) >= 11 is 1.97. The highest BCUT2D eigenvalue weighted by Crippen LogP contribution is 2.24. The molecule has 3 nitrogen and oxygen atoms in total. The van der Waals surface area contributed by atoms with Gasteiger partial charge in [-0.3, -0.25) is 4.79 Å². The lowest BCUT2D eigenvalue weighted by atomic mass is 10.1. The van der Waals surface area contributed by atoms with E-state index < -0.39 is 0 Å². The van der Waals surface area contributed by atoms with Crippen molar-refractivity contribution in [3.63, 3.8) is 0 Å². The van der Waals surface area contributed by atoms with Gasteiger partial charge in [-0.15, -0.1) is 12.4 Å². The van der Waals surface area contributed by atoms with Gasteiger partial charge >= 0.3 is 0 Å². The Morgan fingerprint density at radius 2 is 2.07 bits per heavy atom. The quantitative estimate of drug-likeness (QED) is 0.807. The predicted molar refractivity (Wildman–Crippen MR) is 68.6 cm³/mol. The van der Waals surface area contributed by atoms with Crippen LogP contribution in [0.2, 0.25) is 0 Å². The maximum atomic E-state index is 11.7. The van der Waals surface area contributed by atoms with Gasteiger partial charge in [0.15, 0.2) is 0 Å². The van der Waals surface area contributed by atoms with Crippen LogP contribution in [0.4, 0.5) is 0 Å². The van der Waals surface area contributed by atoms with Crippen LogP contribution in [0.1, 0.15) is 20.8 Å². The Balaban J connectivity index is 0.00000196. The lowest BCUT2D eigenvalue weighted by molar-refractivity contribution is -0.132. The Morgan fingerprint density at radius 1 is 1.47 bits per heavy atom. The normalized spacial score (nSPS) is 23.5. The smallest absolute Gasteiger partial charge is 0.239 e. The number of hydrogen-bond donors (Lipinski definition) is 1. The molecular weight excluding hydrogens is 232 g/mol. The Kier molecular flexibility index (Phi) is 6.64. The second-order valence-corrected chi connectivity index (χ2v) is 5.57. The van der Waals surface area contributed by atoms with Gasteiger partial charge in [0.2, 0.25) is 5.91 Å². The molecule has 1 aliphatic heterocycles. The molecule has 1 amide bonds. The maximum Gasteiger partial charge on any atom is 0.239 e. The maximum absolute atomic E-state index is 11.7. The summed E-state index contributed by atoms with van der Waals surface area (Å²) in [5.41, 5.74) is 5.59. The van der Waals surface area contributed by atoms with Crippen LogP contribution >= 0.6 is 24.2 Å². The van der Waals surface area contributed by atoms with Crippen molar-refractivity contribution in [3.05, 3.63) is 0 Å². The molecule has 15 heavy (non-hydrogen) atoms. The van der Waals surface area contributed by atoms with Crippen LogP contribution in [0, 0.1) is 5.92 Å². The molecule has 0 bridgehead atoms. The number of halogens is 1. The van der Waals surface area contributed by atoms with Gasteiger partial charge in [-0.25, -0.2) is 0 Å². The molecule has 0 aromatic heterocycles. The zero-order chi connectivity index (χ0) is 10.7. The van der Waals surface area contributed by atoms with Gasteiger partial charge in [0.1, 0.15) is 0 Å². The molecule has 0 saturated carbocycles. The van der Waals surface area contributed by atoms with Gasteiger partial charge in [-0.2, -0.15) is 11.8 Å². The molecule has 2 atom stereocenters. The van der Waals surface area contributed by atoms with E-state index >= 15 is 0 Å². The van der Waals surface area contributed by atoms with Crippen molar-refractivity contribution >= 4 is 30.1 Å². The summed E-state index contributed by atoms with van der Waals surface area (Å²) in [6, 6.07) is -0.356. The fourth-order valence-electron chi connectivity index (χ4n) is 1.57. The fraction of sp³-hybridized carbons (Fsp3) is 0.900. The molecule has 2 N–H and O–H groups in total. The zero-order valence-corrected chi connectivity index (χ0v) is 11.2. The first-order chi connectivity index (χ1) is 6.52. The molecule has 0 radical (unpaired) electrons. The second kappa shape index (κ2) is 6.61. The van der Waals surface area contributed by atoms with Crippen molar-refractivity contribution < 1.29 is 4.79 Å². The van der Waals surface area contributed by atoms with Crippen molar-refractivity contribution in [3.8, 4) is 0 Å². The first-order valence-electron chi connectivity index (χ1n) is 5.18. The van der Waals surface area contributed by atoms with Crippen molar-refractivity contribution in [2.24, 2.45) is 11.7 Å². The van der Waals surface area contributed by atoms with Crippen LogP contribution in [0.5, 0.6) is 0 Å². The lowest BCUT2D eigenvalue weighted by Crippen LogP contribution is -2.49. The van der Waals surface area contributed by atoms with E-state index in [0.717, 1.165) is 18.8 Å². The molecule has 0 aromatic carbocycles. The van der Waals surface area contributed by atoms with E-state index in [0.29, 0.717) is 11.2 Å². The van der Waals surface area contributed by atoms with E-state index in [-0.39, 0.29) is 24.4 Å². The molecule has 5 heteroatoms. The van der Waals surface area contributed by atoms with E-state index in [2.05, 4.69) is 13.8 Å². The highest BCUT2D eigenvalue weighted by atomic mass is 35.5. The van der Waals surface area contributed by atoms with Gasteiger partial charge in [-0.05, 0) is 12.8 Å². The number of carbonyl (C=O) groups excluding carboxylic acids is 1. The molecule has 1 saturated heterocycles. The van der Waals surface area contributed by atoms with E-state index in [4.69, 9.17) is 5.73 Å². The summed E-state index contributed by atoms with van der Waals surface area (Å²) in [6.45, 7) is 7.89. The number of nitrogens with zero attached hydrogens (tertiary/aromatic N) is 1. The lowest BCUT2D eigenvalue weighted by Gasteiger charge is -2.35. The SMILES string of the molecule is CC(N)C(=O)N1CCSC(C(C)C)C1.Cl. The predicted octanol–water partition coefficient (Wildman–Crippen LogP) is 1.36. The summed E-state index contributed by atoms with van der Waals surface area (Å²) in [6.07, 6.45) is 0. The number of amides is 1. The summed E-state index contributed by atoms with van der Waals surface area (Å²) in [5.74, 6) is 1.76. The minimum atomic E-state index is -0.356. The Hall–Kier alpha value is 0.0700. The number of nitrogens with two attached hydrogens (primary N) is 1. The Labute approximate surface area is 103 Å². The summed E-state index contributed by atoms with van der Waals surface area (Å²) in [4.78, 5) is 13.6. The van der Waals surface area contributed by atoms with Crippen LogP contribution < -0.4 is 5.73 Å². The monoisotopic (exact) mass is 252 g/mol.